The summed E-state index contributed by atoms with van der Waals surface area (Å²) in [5.74, 6) is 0.321. The molecule has 1 N–H and O–H groups in total. The lowest BCUT2D eigenvalue weighted by Gasteiger charge is -2.09. The van der Waals surface area contributed by atoms with Crippen molar-refractivity contribution >= 4 is 6.21 Å². The topological polar surface area (TPSA) is 35.8 Å². The Morgan fingerprint density at radius 2 is 1.76 bits per heavy atom. The van der Waals surface area contributed by atoms with Crippen molar-refractivity contribution in [1.82, 2.24) is 4.90 Å². The van der Waals surface area contributed by atoms with Gasteiger partial charge in [0, 0.05) is 11.8 Å². The van der Waals surface area contributed by atoms with Crippen LogP contribution < -0.4 is 0 Å². The fraction of sp³-hybridized carbons (Fsp3) is 0.500. The van der Waals surface area contributed by atoms with E-state index >= 15 is 0 Å². The molecule has 1 rings (SSSR count). The smallest absolute Gasteiger partial charge is 0.124 e. The summed E-state index contributed by atoms with van der Waals surface area (Å²) in [6.07, 6.45) is 3.68. The van der Waals surface area contributed by atoms with Gasteiger partial charge in [-0.15, -0.1) is 0 Å². The molecule has 3 heteroatoms. The molecule has 0 heterocycles. The highest BCUT2D eigenvalue weighted by atomic mass is 16.3. The molecule has 0 fully saturated rings. The lowest BCUT2D eigenvalue weighted by atomic mass is 9.99. The second-order valence-electron chi connectivity index (χ2n) is 4.42. The van der Waals surface area contributed by atoms with Crippen molar-refractivity contribution in [3.8, 4) is 5.75 Å². The Kier molecular flexibility index (Phi) is 5.16. The van der Waals surface area contributed by atoms with E-state index in [2.05, 4.69) is 18.8 Å². The fourth-order valence-electron chi connectivity index (χ4n) is 1.76. The minimum atomic E-state index is 0.321. The largest absolute Gasteiger partial charge is 0.507 e. The number of phenols is 1. The Hall–Kier alpha value is -1.35. The molecule has 0 unspecified atom stereocenters. The van der Waals surface area contributed by atoms with Crippen molar-refractivity contribution in [1.29, 1.82) is 0 Å². The first-order chi connectivity index (χ1) is 8.08. The summed E-state index contributed by atoms with van der Waals surface area (Å²) in [5.41, 5.74) is 3.31. The lowest BCUT2D eigenvalue weighted by Crippen LogP contribution is -2.11. The van der Waals surface area contributed by atoms with Crippen LogP contribution in [0.5, 0.6) is 5.75 Å². The Morgan fingerprint density at radius 1 is 1.18 bits per heavy atom. The standard InChI is InChI=1S/C14H22N2O/c1-5-11-7-13(9-15-10-16(3)4)14(17)8-12(11)6-2/h7-9,17H,5-6,10H2,1-4H3. The molecule has 0 aliphatic rings. The maximum absolute atomic E-state index is 9.90. The highest BCUT2D eigenvalue weighted by molar-refractivity contribution is 5.84. The van der Waals surface area contributed by atoms with Crippen LogP contribution in [-0.4, -0.2) is 37.0 Å². The quantitative estimate of drug-likeness (QED) is 0.794. The van der Waals surface area contributed by atoms with Gasteiger partial charge in [0.15, 0.2) is 0 Å². The number of hydrogen-bond acceptors (Lipinski definition) is 3. The summed E-state index contributed by atoms with van der Waals surface area (Å²) < 4.78 is 0. The van der Waals surface area contributed by atoms with Crippen molar-refractivity contribution in [3.05, 3.63) is 28.8 Å². The first kappa shape index (κ1) is 13.7. The first-order valence-electron chi connectivity index (χ1n) is 6.07. The summed E-state index contributed by atoms with van der Waals surface area (Å²) in [7, 11) is 3.93. The lowest BCUT2D eigenvalue weighted by molar-refractivity contribution is 0.425. The first-order valence-corrected chi connectivity index (χ1v) is 6.07. The molecule has 0 aromatic heterocycles. The van der Waals surface area contributed by atoms with Crippen LogP contribution in [0.25, 0.3) is 0 Å². The van der Waals surface area contributed by atoms with E-state index in [-0.39, 0.29) is 0 Å². The predicted molar refractivity (Wildman–Crippen MR) is 73.0 cm³/mol. The van der Waals surface area contributed by atoms with Crippen molar-refractivity contribution in [2.45, 2.75) is 26.7 Å². The fourth-order valence-corrected chi connectivity index (χ4v) is 1.76. The Morgan fingerprint density at radius 3 is 2.29 bits per heavy atom. The van der Waals surface area contributed by atoms with Crippen molar-refractivity contribution < 1.29 is 5.11 Å². The molecule has 0 atom stereocenters. The third-order valence-electron chi connectivity index (χ3n) is 2.71. The van der Waals surface area contributed by atoms with Crippen molar-refractivity contribution in [2.24, 2.45) is 4.99 Å². The number of hydrogen-bond donors (Lipinski definition) is 1. The average Bonchev–Trinajstić information content (AvgIpc) is 2.30. The summed E-state index contributed by atoms with van der Waals surface area (Å²) in [4.78, 5) is 6.25. The van der Waals surface area contributed by atoms with Gasteiger partial charge >= 0.3 is 0 Å². The number of aromatic hydroxyl groups is 1. The van der Waals surface area contributed by atoms with Crippen LogP contribution in [0.1, 0.15) is 30.5 Å². The van der Waals surface area contributed by atoms with E-state index in [4.69, 9.17) is 0 Å². The number of aryl methyl sites for hydroxylation is 2. The molecule has 0 radical (unpaired) electrons. The van der Waals surface area contributed by atoms with Crippen LogP contribution >= 0.6 is 0 Å². The number of aliphatic imine (C=N–C) groups is 1. The summed E-state index contributed by atoms with van der Waals surface area (Å²) in [6.45, 7) is 4.87. The third kappa shape index (κ3) is 3.86. The molecular weight excluding hydrogens is 212 g/mol. The Labute approximate surface area is 104 Å². The molecule has 0 aliphatic carbocycles. The van der Waals surface area contributed by atoms with E-state index in [1.807, 2.05) is 31.1 Å². The van der Waals surface area contributed by atoms with Gasteiger partial charge in [-0.25, -0.2) is 0 Å². The maximum Gasteiger partial charge on any atom is 0.124 e. The van der Waals surface area contributed by atoms with Gasteiger partial charge in [-0.3, -0.25) is 9.89 Å². The van der Waals surface area contributed by atoms with Crippen LogP contribution in [0, 0.1) is 0 Å². The molecule has 94 valence electrons. The monoisotopic (exact) mass is 234 g/mol. The van der Waals surface area contributed by atoms with Gasteiger partial charge in [0.2, 0.25) is 0 Å². The Balaban J connectivity index is 2.96. The number of phenolic OH excluding ortho intramolecular Hbond substituents is 1. The predicted octanol–water partition coefficient (Wildman–Crippen LogP) is 2.46. The average molecular weight is 234 g/mol. The maximum atomic E-state index is 9.90. The Bertz CT molecular complexity index is 397. The molecule has 1 aromatic carbocycles. The van der Waals surface area contributed by atoms with Crippen LogP contribution in [-0.2, 0) is 12.8 Å². The molecule has 0 aliphatic heterocycles. The van der Waals surface area contributed by atoms with Gasteiger partial charge in [0.25, 0.3) is 0 Å². The molecule has 0 bridgehead atoms. The normalized spacial score (nSPS) is 11.6. The van der Waals surface area contributed by atoms with Gasteiger partial charge in [0.05, 0.1) is 6.67 Å². The van der Waals surface area contributed by atoms with Gasteiger partial charge < -0.3 is 5.11 Å². The van der Waals surface area contributed by atoms with Gasteiger partial charge in [-0.05, 0) is 50.2 Å². The second-order valence-corrected chi connectivity index (χ2v) is 4.42. The summed E-state index contributed by atoms with van der Waals surface area (Å²) >= 11 is 0. The molecule has 17 heavy (non-hydrogen) atoms. The minimum absolute atomic E-state index is 0.321. The summed E-state index contributed by atoms with van der Waals surface area (Å²) in [6, 6.07) is 3.89. The van der Waals surface area contributed by atoms with E-state index in [1.165, 1.54) is 11.1 Å². The molecule has 0 saturated heterocycles. The number of nitrogens with zero attached hydrogens (tertiary/aromatic N) is 2. The van der Waals surface area contributed by atoms with E-state index < -0.39 is 0 Å². The van der Waals surface area contributed by atoms with E-state index in [0.29, 0.717) is 12.4 Å². The van der Waals surface area contributed by atoms with E-state index in [1.54, 1.807) is 6.21 Å². The zero-order valence-electron chi connectivity index (χ0n) is 11.2. The molecule has 3 nitrogen and oxygen atoms in total. The van der Waals surface area contributed by atoms with Gasteiger partial charge in [-0.2, -0.15) is 0 Å². The van der Waals surface area contributed by atoms with Gasteiger partial charge in [0.1, 0.15) is 5.75 Å². The SMILES string of the molecule is CCc1cc(O)c(C=NCN(C)C)cc1CC. The third-order valence-corrected chi connectivity index (χ3v) is 2.71. The van der Waals surface area contributed by atoms with E-state index in [0.717, 1.165) is 18.4 Å². The molecule has 0 spiro atoms. The van der Waals surface area contributed by atoms with Crippen LogP contribution in [0.3, 0.4) is 0 Å². The van der Waals surface area contributed by atoms with Crippen molar-refractivity contribution in [3.63, 3.8) is 0 Å². The summed E-state index contributed by atoms with van der Waals surface area (Å²) in [5, 5.41) is 9.90. The minimum Gasteiger partial charge on any atom is -0.507 e. The number of rotatable bonds is 5. The van der Waals surface area contributed by atoms with Crippen molar-refractivity contribution in [2.75, 3.05) is 20.8 Å². The highest BCUT2D eigenvalue weighted by Crippen LogP contribution is 2.22. The van der Waals surface area contributed by atoms with Crippen LogP contribution in [0.2, 0.25) is 0 Å². The van der Waals surface area contributed by atoms with E-state index in [9.17, 15) is 5.11 Å². The zero-order chi connectivity index (χ0) is 12.8. The zero-order valence-corrected chi connectivity index (χ0v) is 11.2. The molecule has 1 aromatic rings. The van der Waals surface area contributed by atoms with Crippen LogP contribution in [0.4, 0.5) is 0 Å². The molecule has 0 amide bonds. The molecule has 0 saturated carbocycles. The van der Waals surface area contributed by atoms with Crippen LogP contribution in [0.15, 0.2) is 17.1 Å². The number of benzene rings is 1. The highest BCUT2D eigenvalue weighted by Gasteiger charge is 2.05. The second kappa shape index (κ2) is 6.40. The van der Waals surface area contributed by atoms with Gasteiger partial charge in [-0.1, -0.05) is 13.8 Å². The molecular formula is C14H22N2O.